The molecule has 3 N–H and O–H groups in total. The summed E-state index contributed by atoms with van der Waals surface area (Å²) in [4.78, 5) is 11.5. The summed E-state index contributed by atoms with van der Waals surface area (Å²) < 4.78 is 5.26. The normalized spacial score (nSPS) is 9.50. The molecule has 7 heteroatoms. The Labute approximate surface area is 128 Å². The second-order valence-corrected chi connectivity index (χ2v) is 4.90. The minimum absolute atomic E-state index is 0.127. The van der Waals surface area contributed by atoms with Crippen LogP contribution in [0.1, 0.15) is 6.92 Å². The van der Waals surface area contributed by atoms with Crippen LogP contribution < -0.4 is 20.9 Å². The summed E-state index contributed by atoms with van der Waals surface area (Å²) in [6.45, 7) is 6.01. The monoisotopic (exact) mass is 313 g/mol. The molecule has 0 aliphatic carbocycles. The molecule has 1 rings (SSSR count). The molecule has 5 nitrogen and oxygen atoms in total. The number of hydrogen-bond donors (Lipinski definition) is 3. The topological polar surface area (TPSA) is 62.4 Å². The van der Waals surface area contributed by atoms with Gasteiger partial charge < -0.3 is 10.1 Å². The molecular formula is C13H16ClN3O2S. The number of nitrogens with one attached hydrogen (secondary N) is 3. The third-order valence-electron chi connectivity index (χ3n) is 2.05. The molecule has 0 saturated carbocycles. The largest absolute Gasteiger partial charge is 0.484 e. The van der Waals surface area contributed by atoms with Crippen molar-refractivity contribution >= 4 is 34.8 Å². The lowest BCUT2D eigenvalue weighted by Crippen LogP contribution is -2.48. The molecule has 0 heterocycles. The second-order valence-electron chi connectivity index (χ2n) is 4.06. The highest BCUT2D eigenvalue weighted by Gasteiger charge is 2.03. The Balaban J connectivity index is 2.21. The SMILES string of the molecule is C=C(C)CNC(=S)NNC(=O)COc1ccc(Cl)cc1. The van der Waals surface area contributed by atoms with Crippen molar-refractivity contribution in [3.8, 4) is 5.75 Å². The van der Waals surface area contributed by atoms with Crippen molar-refractivity contribution in [2.24, 2.45) is 0 Å². The second kappa shape index (κ2) is 8.39. The number of carbonyl (C=O) groups is 1. The van der Waals surface area contributed by atoms with Crippen molar-refractivity contribution < 1.29 is 9.53 Å². The van der Waals surface area contributed by atoms with Crippen molar-refractivity contribution in [3.63, 3.8) is 0 Å². The molecule has 108 valence electrons. The number of ether oxygens (including phenoxy) is 1. The fraction of sp³-hybridized carbons (Fsp3) is 0.231. The van der Waals surface area contributed by atoms with Crippen LogP contribution in [-0.4, -0.2) is 24.2 Å². The molecule has 0 fully saturated rings. The zero-order chi connectivity index (χ0) is 15.0. The fourth-order valence-electron chi connectivity index (χ4n) is 1.12. The van der Waals surface area contributed by atoms with E-state index in [1.807, 2.05) is 6.92 Å². The summed E-state index contributed by atoms with van der Waals surface area (Å²) >= 11 is 10.7. The summed E-state index contributed by atoms with van der Waals surface area (Å²) in [5.74, 6) is 0.215. The minimum atomic E-state index is -0.348. The molecule has 1 amide bonds. The Bertz CT molecular complexity index is 491. The molecule has 0 saturated heterocycles. The van der Waals surface area contributed by atoms with Gasteiger partial charge in [0.15, 0.2) is 11.7 Å². The van der Waals surface area contributed by atoms with Crippen LogP contribution in [0.2, 0.25) is 5.02 Å². The standard InChI is InChI=1S/C13H16ClN3O2S/c1-9(2)7-15-13(20)17-16-12(18)8-19-11-5-3-10(14)4-6-11/h3-6H,1,7-8H2,2H3,(H,16,18)(H2,15,17,20). The summed E-state index contributed by atoms with van der Waals surface area (Å²) in [7, 11) is 0. The van der Waals surface area contributed by atoms with E-state index in [0.29, 0.717) is 22.4 Å². The highest BCUT2D eigenvalue weighted by Crippen LogP contribution is 2.15. The summed E-state index contributed by atoms with van der Waals surface area (Å²) in [6, 6.07) is 6.73. The zero-order valence-electron chi connectivity index (χ0n) is 11.0. The van der Waals surface area contributed by atoms with Gasteiger partial charge in [0.05, 0.1) is 0 Å². The first-order valence-corrected chi connectivity index (χ1v) is 6.61. The molecule has 0 unspecified atom stereocenters. The van der Waals surface area contributed by atoms with E-state index in [1.165, 1.54) is 0 Å². The van der Waals surface area contributed by atoms with Crippen LogP contribution in [0.3, 0.4) is 0 Å². The van der Waals surface area contributed by atoms with Crippen molar-refractivity contribution in [2.45, 2.75) is 6.92 Å². The maximum atomic E-state index is 11.5. The molecule has 0 aromatic heterocycles. The molecule has 1 aromatic carbocycles. The van der Waals surface area contributed by atoms with Gasteiger partial charge in [0.2, 0.25) is 0 Å². The minimum Gasteiger partial charge on any atom is -0.484 e. The predicted octanol–water partition coefficient (Wildman–Crippen LogP) is 1.79. The lowest BCUT2D eigenvalue weighted by atomic mass is 10.3. The van der Waals surface area contributed by atoms with E-state index >= 15 is 0 Å². The van der Waals surface area contributed by atoms with Crippen molar-refractivity contribution in [1.29, 1.82) is 0 Å². The predicted molar refractivity (Wildman–Crippen MR) is 83.6 cm³/mol. The first-order chi connectivity index (χ1) is 9.47. The van der Waals surface area contributed by atoms with E-state index in [4.69, 9.17) is 28.6 Å². The zero-order valence-corrected chi connectivity index (χ0v) is 12.6. The van der Waals surface area contributed by atoms with E-state index < -0.39 is 0 Å². The van der Waals surface area contributed by atoms with Crippen LogP contribution in [-0.2, 0) is 4.79 Å². The van der Waals surface area contributed by atoms with Gasteiger partial charge >= 0.3 is 0 Å². The molecule has 20 heavy (non-hydrogen) atoms. The number of thiocarbonyl (C=S) groups is 1. The van der Waals surface area contributed by atoms with Gasteiger partial charge in [0.25, 0.3) is 5.91 Å². The van der Waals surface area contributed by atoms with E-state index in [2.05, 4.69) is 22.7 Å². The smallest absolute Gasteiger partial charge is 0.276 e. The molecule has 0 aliphatic rings. The Hall–Kier alpha value is -1.79. The lowest BCUT2D eigenvalue weighted by molar-refractivity contribution is -0.123. The first-order valence-electron chi connectivity index (χ1n) is 5.83. The van der Waals surface area contributed by atoms with E-state index in [0.717, 1.165) is 5.57 Å². The summed E-state index contributed by atoms with van der Waals surface area (Å²) in [6.07, 6.45) is 0. The fourth-order valence-corrected chi connectivity index (χ4v) is 1.37. The molecular weight excluding hydrogens is 298 g/mol. The van der Waals surface area contributed by atoms with Crippen LogP contribution in [0.25, 0.3) is 0 Å². The Morgan fingerprint density at radius 1 is 1.35 bits per heavy atom. The molecule has 0 bridgehead atoms. The number of hydrogen-bond acceptors (Lipinski definition) is 3. The number of carbonyl (C=O) groups excluding carboxylic acids is 1. The Kier molecular flexibility index (Phi) is 6.83. The first kappa shape index (κ1) is 16.3. The van der Waals surface area contributed by atoms with Crippen LogP contribution in [0.4, 0.5) is 0 Å². The summed E-state index contributed by atoms with van der Waals surface area (Å²) in [5.41, 5.74) is 5.91. The molecule has 0 aliphatic heterocycles. The van der Waals surface area contributed by atoms with Gasteiger partial charge in [0.1, 0.15) is 5.75 Å². The number of amides is 1. The average molecular weight is 314 g/mol. The van der Waals surface area contributed by atoms with Gasteiger partial charge in [-0.05, 0) is 43.4 Å². The van der Waals surface area contributed by atoms with Gasteiger partial charge in [-0.1, -0.05) is 23.8 Å². The third-order valence-corrected chi connectivity index (χ3v) is 2.55. The van der Waals surface area contributed by atoms with Crippen molar-refractivity contribution in [1.82, 2.24) is 16.2 Å². The number of halogens is 1. The average Bonchev–Trinajstić information content (AvgIpc) is 2.42. The Morgan fingerprint density at radius 3 is 2.60 bits per heavy atom. The van der Waals surface area contributed by atoms with E-state index in [1.54, 1.807) is 24.3 Å². The van der Waals surface area contributed by atoms with Crippen molar-refractivity contribution in [2.75, 3.05) is 13.2 Å². The van der Waals surface area contributed by atoms with Gasteiger partial charge in [0, 0.05) is 11.6 Å². The maximum Gasteiger partial charge on any atom is 0.276 e. The third kappa shape index (κ3) is 6.96. The number of benzene rings is 1. The van der Waals surface area contributed by atoms with E-state index in [-0.39, 0.29) is 12.5 Å². The molecule has 0 atom stereocenters. The van der Waals surface area contributed by atoms with Crippen LogP contribution in [0.15, 0.2) is 36.4 Å². The highest BCUT2D eigenvalue weighted by atomic mass is 35.5. The summed E-state index contributed by atoms with van der Waals surface area (Å²) in [5, 5.41) is 3.79. The molecule has 0 spiro atoms. The van der Waals surface area contributed by atoms with Gasteiger partial charge in [-0.2, -0.15) is 0 Å². The van der Waals surface area contributed by atoms with Crippen molar-refractivity contribution in [3.05, 3.63) is 41.4 Å². The molecule has 0 radical (unpaired) electrons. The molecule has 1 aromatic rings. The number of rotatable bonds is 5. The number of hydrazine groups is 1. The van der Waals surface area contributed by atoms with Crippen LogP contribution in [0, 0.1) is 0 Å². The van der Waals surface area contributed by atoms with Crippen LogP contribution >= 0.6 is 23.8 Å². The highest BCUT2D eigenvalue weighted by molar-refractivity contribution is 7.80. The quantitative estimate of drug-likeness (QED) is 0.439. The van der Waals surface area contributed by atoms with Gasteiger partial charge in [-0.25, -0.2) is 0 Å². The van der Waals surface area contributed by atoms with Crippen LogP contribution in [0.5, 0.6) is 5.75 Å². The lowest BCUT2D eigenvalue weighted by Gasteiger charge is -2.12. The van der Waals surface area contributed by atoms with Gasteiger partial charge in [-0.15, -0.1) is 0 Å². The van der Waals surface area contributed by atoms with E-state index in [9.17, 15) is 4.79 Å². The van der Waals surface area contributed by atoms with Gasteiger partial charge in [-0.3, -0.25) is 15.6 Å². The Morgan fingerprint density at radius 2 is 2.00 bits per heavy atom. The maximum absolute atomic E-state index is 11.5.